The number of rotatable bonds is 4. The van der Waals surface area contributed by atoms with E-state index in [1.807, 2.05) is 45.0 Å². The van der Waals surface area contributed by atoms with E-state index >= 15 is 0 Å². The second-order valence-electron chi connectivity index (χ2n) is 10.0. The van der Waals surface area contributed by atoms with E-state index in [1.54, 1.807) is 21.3 Å². The first-order valence-corrected chi connectivity index (χ1v) is 12.0. The lowest BCUT2D eigenvalue weighted by Crippen LogP contribution is -2.52. The predicted octanol–water partition coefficient (Wildman–Crippen LogP) is 3.74. The summed E-state index contributed by atoms with van der Waals surface area (Å²) in [6.45, 7) is 6.13. The van der Waals surface area contributed by atoms with Gasteiger partial charge in [-0.15, -0.1) is 0 Å². The van der Waals surface area contributed by atoms with Crippen molar-refractivity contribution >= 4 is 5.97 Å². The summed E-state index contributed by atoms with van der Waals surface area (Å²) >= 11 is 0. The highest BCUT2D eigenvalue weighted by Gasteiger charge is 2.67. The normalized spacial score (nSPS) is 31.1. The summed E-state index contributed by atoms with van der Waals surface area (Å²) in [4.78, 5) is 13.4. The Morgan fingerprint density at radius 3 is 2.17 bits per heavy atom. The fraction of sp³-hybridized carbons (Fsp3) is 0.519. The maximum atomic E-state index is 13.4. The summed E-state index contributed by atoms with van der Waals surface area (Å²) in [7, 11) is 4.71. The van der Waals surface area contributed by atoms with Crippen molar-refractivity contribution in [2.75, 3.05) is 34.7 Å². The third-order valence-electron chi connectivity index (χ3n) is 7.85. The van der Waals surface area contributed by atoms with E-state index in [4.69, 9.17) is 37.9 Å². The highest BCUT2D eigenvalue weighted by molar-refractivity contribution is 5.79. The van der Waals surface area contributed by atoms with E-state index in [0.29, 0.717) is 28.7 Å². The molecule has 192 valence electrons. The van der Waals surface area contributed by atoms with Gasteiger partial charge in [-0.1, -0.05) is 0 Å². The molecule has 0 unspecified atom stereocenters. The molecular weight excluding hydrogens is 468 g/mol. The topological polar surface area (TPSA) is 90.9 Å². The van der Waals surface area contributed by atoms with Gasteiger partial charge in [-0.25, -0.2) is 0 Å². The molecule has 9 nitrogen and oxygen atoms in total. The fourth-order valence-electron chi connectivity index (χ4n) is 6.59. The molecule has 5 atom stereocenters. The van der Waals surface area contributed by atoms with Gasteiger partial charge in [-0.3, -0.25) is 4.79 Å². The van der Waals surface area contributed by atoms with Gasteiger partial charge in [0.25, 0.3) is 0 Å². The van der Waals surface area contributed by atoms with Gasteiger partial charge < -0.3 is 37.9 Å². The quantitative estimate of drug-likeness (QED) is 0.585. The van der Waals surface area contributed by atoms with Crippen LogP contribution in [0.25, 0.3) is 0 Å². The van der Waals surface area contributed by atoms with Crippen LogP contribution in [0, 0.1) is 11.8 Å². The number of hydrogen-bond acceptors (Lipinski definition) is 9. The first-order valence-electron chi connectivity index (χ1n) is 12.0. The van der Waals surface area contributed by atoms with E-state index in [1.165, 1.54) is 0 Å². The molecule has 1 spiro atoms. The average molecular weight is 499 g/mol. The third-order valence-corrected chi connectivity index (χ3v) is 7.85. The van der Waals surface area contributed by atoms with Crippen LogP contribution in [0.1, 0.15) is 43.4 Å². The number of ether oxygens (including phenoxy) is 8. The molecular formula is C27H30O9. The standard InChI is InChI=1S/C27H30O9/c1-13-27(36-26(2,3)35-13)16-10-19-18(33-12-34-19)9-15(16)22(23-17(27)11-32-25(23)28)14-7-20(29-4)24(31-6)21(8-14)30-5/h7-10,13,17,22-23H,11-12H2,1-6H3/t13-,17+,22-,23+,27-/m1/s1. The van der Waals surface area contributed by atoms with Crippen LogP contribution >= 0.6 is 0 Å². The molecule has 0 N–H and O–H groups in total. The molecule has 2 saturated heterocycles. The van der Waals surface area contributed by atoms with Crippen LogP contribution in [0.15, 0.2) is 24.3 Å². The van der Waals surface area contributed by atoms with Gasteiger partial charge in [0.1, 0.15) is 5.60 Å². The zero-order valence-corrected chi connectivity index (χ0v) is 21.2. The van der Waals surface area contributed by atoms with Crippen molar-refractivity contribution in [3.8, 4) is 28.7 Å². The predicted molar refractivity (Wildman–Crippen MR) is 126 cm³/mol. The van der Waals surface area contributed by atoms with Crippen molar-refractivity contribution in [3.05, 3.63) is 41.0 Å². The monoisotopic (exact) mass is 498 g/mol. The lowest BCUT2D eigenvalue weighted by atomic mass is 9.59. The average Bonchev–Trinajstić information content (AvgIpc) is 3.53. The lowest BCUT2D eigenvalue weighted by Gasteiger charge is -2.47. The molecule has 3 heterocycles. The first-order chi connectivity index (χ1) is 17.2. The SMILES string of the molecule is COc1cc([C@@H]2c3cc4c(cc3[C@@]3(OC(C)(C)O[C@@H]3C)[C@H]3COC(=O)[C@H]23)OCO4)cc(OC)c1OC. The van der Waals surface area contributed by atoms with Crippen LogP contribution < -0.4 is 23.7 Å². The van der Waals surface area contributed by atoms with Gasteiger partial charge in [-0.2, -0.15) is 0 Å². The van der Waals surface area contributed by atoms with Gasteiger partial charge in [0, 0.05) is 11.8 Å². The summed E-state index contributed by atoms with van der Waals surface area (Å²) in [5.74, 6) is 0.436. The van der Waals surface area contributed by atoms with Gasteiger partial charge >= 0.3 is 5.97 Å². The van der Waals surface area contributed by atoms with Crippen LogP contribution in [-0.4, -0.2) is 52.6 Å². The highest BCUT2D eigenvalue weighted by Crippen LogP contribution is 2.62. The molecule has 0 bridgehead atoms. The summed E-state index contributed by atoms with van der Waals surface area (Å²) < 4.78 is 47.1. The zero-order valence-electron chi connectivity index (χ0n) is 21.2. The molecule has 1 aliphatic carbocycles. The lowest BCUT2D eigenvalue weighted by molar-refractivity contribution is -0.182. The summed E-state index contributed by atoms with van der Waals surface area (Å²) in [5.41, 5.74) is 1.72. The molecule has 2 aromatic rings. The molecule has 9 heteroatoms. The minimum Gasteiger partial charge on any atom is -0.493 e. The van der Waals surface area contributed by atoms with Crippen LogP contribution in [0.3, 0.4) is 0 Å². The van der Waals surface area contributed by atoms with Gasteiger partial charge in [0.05, 0.1) is 40.0 Å². The molecule has 2 aromatic carbocycles. The number of cyclic esters (lactones) is 1. The van der Waals surface area contributed by atoms with Crippen molar-refractivity contribution in [1.82, 2.24) is 0 Å². The third kappa shape index (κ3) is 3.05. The maximum Gasteiger partial charge on any atom is 0.310 e. The van der Waals surface area contributed by atoms with Crippen LogP contribution in [-0.2, 0) is 24.6 Å². The van der Waals surface area contributed by atoms with E-state index in [2.05, 4.69) is 0 Å². The molecule has 0 radical (unpaired) electrons. The Bertz CT molecular complexity index is 1210. The van der Waals surface area contributed by atoms with Crippen LogP contribution in [0.2, 0.25) is 0 Å². The second-order valence-corrected chi connectivity index (χ2v) is 10.0. The van der Waals surface area contributed by atoms with E-state index in [9.17, 15) is 4.79 Å². The van der Waals surface area contributed by atoms with E-state index in [-0.39, 0.29) is 37.3 Å². The molecule has 0 saturated carbocycles. The van der Waals surface area contributed by atoms with Crippen molar-refractivity contribution < 1.29 is 42.7 Å². The Kier molecular flexibility index (Phi) is 5.11. The highest BCUT2D eigenvalue weighted by atomic mass is 16.8. The molecule has 3 aliphatic heterocycles. The summed E-state index contributed by atoms with van der Waals surface area (Å²) in [5, 5.41) is 0. The Morgan fingerprint density at radius 2 is 1.58 bits per heavy atom. The number of esters is 1. The Labute approximate surface area is 209 Å². The minimum atomic E-state index is -0.909. The maximum absolute atomic E-state index is 13.4. The molecule has 6 rings (SSSR count). The number of carbonyl (C=O) groups is 1. The van der Waals surface area contributed by atoms with Crippen molar-refractivity contribution in [2.24, 2.45) is 11.8 Å². The fourth-order valence-corrected chi connectivity index (χ4v) is 6.59. The largest absolute Gasteiger partial charge is 0.493 e. The molecule has 0 amide bonds. The van der Waals surface area contributed by atoms with Crippen LogP contribution in [0.4, 0.5) is 0 Å². The number of fused-ring (bicyclic) bond motifs is 5. The smallest absolute Gasteiger partial charge is 0.310 e. The second kappa shape index (κ2) is 7.91. The Hall–Kier alpha value is -3.17. The van der Waals surface area contributed by atoms with E-state index < -0.39 is 17.3 Å². The summed E-state index contributed by atoms with van der Waals surface area (Å²) in [6, 6.07) is 7.71. The van der Waals surface area contributed by atoms with Gasteiger partial charge in [0.15, 0.2) is 28.8 Å². The Balaban J connectivity index is 1.64. The summed E-state index contributed by atoms with van der Waals surface area (Å²) in [6.07, 6.45) is -0.338. The molecule has 4 aliphatic rings. The van der Waals surface area contributed by atoms with Crippen molar-refractivity contribution in [3.63, 3.8) is 0 Å². The molecule has 2 fully saturated rings. The van der Waals surface area contributed by atoms with Crippen molar-refractivity contribution in [1.29, 1.82) is 0 Å². The van der Waals surface area contributed by atoms with Crippen molar-refractivity contribution in [2.45, 2.75) is 44.2 Å². The van der Waals surface area contributed by atoms with Gasteiger partial charge in [0.2, 0.25) is 12.5 Å². The zero-order chi connectivity index (χ0) is 25.4. The van der Waals surface area contributed by atoms with Crippen LogP contribution in [0.5, 0.6) is 28.7 Å². The number of methoxy groups -OCH3 is 3. The number of hydrogen-bond donors (Lipinski definition) is 0. The molecule has 36 heavy (non-hydrogen) atoms. The van der Waals surface area contributed by atoms with E-state index in [0.717, 1.165) is 16.7 Å². The van der Waals surface area contributed by atoms with Gasteiger partial charge in [-0.05, 0) is 61.7 Å². The number of carbonyl (C=O) groups excluding carboxylic acids is 1. The Morgan fingerprint density at radius 1 is 0.917 bits per heavy atom. The minimum absolute atomic E-state index is 0.132. The number of benzene rings is 2. The first kappa shape index (κ1) is 23.2. The molecule has 0 aromatic heterocycles.